The van der Waals surface area contributed by atoms with E-state index in [0.29, 0.717) is 32.1 Å². The van der Waals surface area contributed by atoms with Gasteiger partial charge in [0.2, 0.25) is 0 Å². The summed E-state index contributed by atoms with van der Waals surface area (Å²) in [7, 11) is 3.19. The number of carbonyl (C=O) groups is 1. The van der Waals surface area contributed by atoms with Crippen molar-refractivity contribution < 1.29 is 18.7 Å². The van der Waals surface area contributed by atoms with Gasteiger partial charge >= 0.3 is 0 Å². The number of hydrogen-bond donors (Lipinski definition) is 0. The fourth-order valence-electron chi connectivity index (χ4n) is 1.44. The predicted molar refractivity (Wildman–Crippen MR) is 67.9 cm³/mol. The summed E-state index contributed by atoms with van der Waals surface area (Å²) in [6.07, 6.45) is 0. The van der Waals surface area contributed by atoms with Crippen molar-refractivity contribution in [2.75, 3.05) is 40.5 Å². The average Bonchev–Trinajstić information content (AvgIpc) is 2.87. The second kappa shape index (κ2) is 8.13. The molecule has 1 aromatic rings. The van der Waals surface area contributed by atoms with Crippen LogP contribution >= 0.6 is 11.6 Å². The van der Waals surface area contributed by atoms with Gasteiger partial charge in [-0.05, 0) is 12.1 Å². The maximum absolute atomic E-state index is 12.2. The minimum absolute atomic E-state index is 0.180. The minimum atomic E-state index is -0.180. The topological polar surface area (TPSA) is 51.9 Å². The molecule has 0 N–H and O–H groups in total. The molecule has 1 amide bonds. The van der Waals surface area contributed by atoms with Crippen molar-refractivity contribution in [3.8, 4) is 0 Å². The van der Waals surface area contributed by atoms with Gasteiger partial charge in [0.1, 0.15) is 5.76 Å². The van der Waals surface area contributed by atoms with E-state index in [-0.39, 0.29) is 17.5 Å². The van der Waals surface area contributed by atoms with Gasteiger partial charge < -0.3 is 18.8 Å². The average molecular weight is 276 g/mol. The summed E-state index contributed by atoms with van der Waals surface area (Å²) in [5.41, 5.74) is 0. The van der Waals surface area contributed by atoms with Crippen molar-refractivity contribution in [3.63, 3.8) is 0 Å². The highest BCUT2D eigenvalue weighted by Gasteiger charge is 2.18. The monoisotopic (exact) mass is 275 g/mol. The second-order valence-corrected chi connectivity index (χ2v) is 3.94. The fourth-order valence-corrected chi connectivity index (χ4v) is 1.58. The third-order valence-electron chi connectivity index (χ3n) is 2.42. The fraction of sp³-hybridized carbons (Fsp3) is 0.583. The first-order chi connectivity index (χ1) is 8.72. The van der Waals surface area contributed by atoms with E-state index in [1.807, 2.05) is 0 Å². The number of alkyl halides is 1. The molecule has 0 saturated heterocycles. The highest BCUT2D eigenvalue weighted by molar-refractivity contribution is 6.16. The van der Waals surface area contributed by atoms with Gasteiger partial charge in [-0.15, -0.1) is 11.6 Å². The Morgan fingerprint density at radius 2 is 1.89 bits per heavy atom. The van der Waals surface area contributed by atoms with Crippen molar-refractivity contribution in [2.24, 2.45) is 0 Å². The van der Waals surface area contributed by atoms with Crippen molar-refractivity contribution in [2.45, 2.75) is 5.88 Å². The Kier molecular flexibility index (Phi) is 6.78. The number of furan rings is 1. The number of methoxy groups -OCH3 is 2. The Morgan fingerprint density at radius 3 is 2.33 bits per heavy atom. The molecule has 0 unspecified atom stereocenters. The molecule has 0 spiro atoms. The van der Waals surface area contributed by atoms with Crippen LogP contribution in [0.15, 0.2) is 16.5 Å². The van der Waals surface area contributed by atoms with E-state index >= 15 is 0 Å². The molecule has 0 aliphatic carbocycles. The Labute approximate surface area is 112 Å². The summed E-state index contributed by atoms with van der Waals surface area (Å²) in [6, 6.07) is 3.33. The Balaban J connectivity index is 2.67. The van der Waals surface area contributed by atoms with Crippen LogP contribution < -0.4 is 0 Å². The van der Waals surface area contributed by atoms with Crippen LogP contribution in [0.1, 0.15) is 16.3 Å². The van der Waals surface area contributed by atoms with Crippen LogP contribution in [0, 0.1) is 0 Å². The lowest BCUT2D eigenvalue weighted by molar-refractivity contribution is 0.0596. The van der Waals surface area contributed by atoms with E-state index in [0.717, 1.165) is 0 Å². The predicted octanol–water partition coefficient (Wildman–Crippen LogP) is 1.75. The molecule has 5 nitrogen and oxygen atoms in total. The number of rotatable bonds is 8. The van der Waals surface area contributed by atoms with E-state index in [2.05, 4.69) is 0 Å². The van der Waals surface area contributed by atoms with Crippen LogP contribution in [-0.4, -0.2) is 51.3 Å². The zero-order valence-electron chi connectivity index (χ0n) is 10.6. The third-order valence-corrected chi connectivity index (χ3v) is 2.69. The van der Waals surface area contributed by atoms with Crippen LogP contribution in [0.4, 0.5) is 0 Å². The number of halogens is 1. The van der Waals surface area contributed by atoms with Crippen molar-refractivity contribution >= 4 is 17.5 Å². The number of carbonyl (C=O) groups excluding carboxylic acids is 1. The van der Waals surface area contributed by atoms with Crippen molar-refractivity contribution in [1.82, 2.24) is 4.90 Å². The Bertz CT molecular complexity index is 359. The third kappa shape index (κ3) is 4.33. The largest absolute Gasteiger partial charge is 0.455 e. The molecule has 0 aliphatic rings. The maximum atomic E-state index is 12.2. The maximum Gasteiger partial charge on any atom is 0.289 e. The molecular weight excluding hydrogens is 258 g/mol. The summed E-state index contributed by atoms with van der Waals surface area (Å²) in [5, 5.41) is 0. The molecule has 0 aliphatic heterocycles. The van der Waals surface area contributed by atoms with Crippen LogP contribution in [0.25, 0.3) is 0 Å². The van der Waals surface area contributed by atoms with Gasteiger partial charge in [-0.25, -0.2) is 0 Å². The molecule has 6 heteroatoms. The van der Waals surface area contributed by atoms with E-state index in [4.69, 9.17) is 25.5 Å². The van der Waals surface area contributed by atoms with E-state index in [1.165, 1.54) is 0 Å². The van der Waals surface area contributed by atoms with Crippen molar-refractivity contribution in [1.29, 1.82) is 0 Å². The lowest BCUT2D eigenvalue weighted by Crippen LogP contribution is -2.36. The van der Waals surface area contributed by atoms with E-state index in [9.17, 15) is 4.79 Å². The van der Waals surface area contributed by atoms with Gasteiger partial charge in [0.25, 0.3) is 5.91 Å². The molecule has 0 saturated carbocycles. The summed E-state index contributed by atoms with van der Waals surface area (Å²) >= 11 is 5.63. The number of hydrogen-bond acceptors (Lipinski definition) is 4. The van der Waals surface area contributed by atoms with Crippen LogP contribution in [0.5, 0.6) is 0 Å². The minimum Gasteiger partial charge on any atom is -0.455 e. The molecule has 18 heavy (non-hydrogen) atoms. The highest BCUT2D eigenvalue weighted by atomic mass is 35.5. The molecule has 0 radical (unpaired) electrons. The Hall–Kier alpha value is -1.04. The first-order valence-electron chi connectivity index (χ1n) is 5.64. The zero-order valence-corrected chi connectivity index (χ0v) is 11.4. The van der Waals surface area contributed by atoms with Crippen LogP contribution in [0.3, 0.4) is 0 Å². The summed E-state index contributed by atoms with van der Waals surface area (Å²) in [4.78, 5) is 13.8. The molecule has 1 rings (SSSR count). The lowest BCUT2D eigenvalue weighted by atomic mass is 10.3. The molecule has 0 bridgehead atoms. The molecule has 0 aromatic carbocycles. The lowest BCUT2D eigenvalue weighted by Gasteiger charge is -2.20. The zero-order chi connectivity index (χ0) is 13.4. The van der Waals surface area contributed by atoms with Gasteiger partial charge in [-0.2, -0.15) is 0 Å². The van der Waals surface area contributed by atoms with Gasteiger partial charge in [-0.1, -0.05) is 0 Å². The number of ether oxygens (including phenoxy) is 2. The summed E-state index contributed by atoms with van der Waals surface area (Å²) < 4.78 is 15.3. The molecule has 0 fully saturated rings. The molecular formula is C12H18ClNO4. The molecule has 1 aromatic heterocycles. The van der Waals surface area contributed by atoms with Crippen LogP contribution in [0.2, 0.25) is 0 Å². The first kappa shape index (κ1) is 15.0. The van der Waals surface area contributed by atoms with E-state index in [1.54, 1.807) is 31.3 Å². The molecule has 0 atom stereocenters. The summed E-state index contributed by atoms with van der Waals surface area (Å²) in [5.74, 6) is 0.945. The van der Waals surface area contributed by atoms with Crippen molar-refractivity contribution in [3.05, 3.63) is 23.7 Å². The normalized spacial score (nSPS) is 10.6. The van der Waals surface area contributed by atoms with Gasteiger partial charge in [-0.3, -0.25) is 4.79 Å². The number of nitrogens with zero attached hydrogens (tertiary/aromatic N) is 1. The highest BCUT2D eigenvalue weighted by Crippen LogP contribution is 2.12. The molecule has 102 valence electrons. The second-order valence-electron chi connectivity index (χ2n) is 3.68. The van der Waals surface area contributed by atoms with Gasteiger partial charge in [0.15, 0.2) is 5.76 Å². The van der Waals surface area contributed by atoms with Gasteiger partial charge in [0, 0.05) is 27.3 Å². The standard InChI is InChI=1S/C12H18ClNO4/c1-16-7-5-14(6-8-17-2)12(15)11-4-3-10(9-13)18-11/h3-4H,5-9H2,1-2H3. The summed E-state index contributed by atoms with van der Waals surface area (Å²) in [6.45, 7) is 1.93. The van der Waals surface area contributed by atoms with Gasteiger partial charge in [0.05, 0.1) is 19.1 Å². The van der Waals surface area contributed by atoms with Crippen LogP contribution in [-0.2, 0) is 15.4 Å². The molecule has 1 heterocycles. The number of amides is 1. The quantitative estimate of drug-likeness (QED) is 0.679. The Morgan fingerprint density at radius 1 is 1.28 bits per heavy atom. The first-order valence-corrected chi connectivity index (χ1v) is 6.18. The van der Waals surface area contributed by atoms with E-state index < -0.39 is 0 Å². The SMILES string of the molecule is COCCN(CCOC)C(=O)c1ccc(CCl)o1. The smallest absolute Gasteiger partial charge is 0.289 e.